The fraction of sp³-hybridized carbons (Fsp3) is 0.938. The second-order valence-electron chi connectivity index (χ2n) is 7.31. The number of esters is 1. The highest BCUT2D eigenvalue weighted by Crippen LogP contribution is 2.49. The van der Waals surface area contributed by atoms with Gasteiger partial charge >= 0.3 is 17.1 Å². The number of sulfone groups is 1. The quantitative estimate of drug-likeness (QED) is 0.342. The van der Waals surface area contributed by atoms with Gasteiger partial charge in [0.05, 0.1) is 6.61 Å². The molecule has 0 aliphatic heterocycles. The molecule has 0 saturated heterocycles. The van der Waals surface area contributed by atoms with Crippen LogP contribution in [0.25, 0.3) is 0 Å². The standard InChI is InChI=1S/C16H24F4O4S/c1-25(22,23)16(19,20)15(17,18)6-2-3-7-24-14(21)10-13-9-11-4-5-12(13)8-11/h11-13H,2-10H2,1H3. The Labute approximate surface area is 145 Å². The number of halogens is 4. The minimum atomic E-state index is -5.20. The average Bonchev–Trinajstić information content (AvgIpc) is 3.07. The summed E-state index contributed by atoms with van der Waals surface area (Å²) in [4.78, 5) is 11.8. The van der Waals surface area contributed by atoms with E-state index in [0.717, 1.165) is 12.8 Å². The van der Waals surface area contributed by atoms with Crippen molar-refractivity contribution in [2.45, 2.75) is 62.5 Å². The molecule has 0 amide bonds. The van der Waals surface area contributed by atoms with Crippen molar-refractivity contribution in [3.63, 3.8) is 0 Å². The smallest absolute Gasteiger partial charge is 0.406 e. The Balaban J connectivity index is 1.65. The molecule has 4 nitrogen and oxygen atoms in total. The molecule has 2 fully saturated rings. The van der Waals surface area contributed by atoms with Crippen LogP contribution in [0.15, 0.2) is 0 Å². The summed E-state index contributed by atoms with van der Waals surface area (Å²) < 4.78 is 79.8. The van der Waals surface area contributed by atoms with Crippen molar-refractivity contribution in [1.29, 1.82) is 0 Å². The third-order valence-corrected chi connectivity index (χ3v) is 6.58. The molecule has 2 bridgehead atoms. The van der Waals surface area contributed by atoms with E-state index in [2.05, 4.69) is 0 Å². The number of ether oxygens (including phenoxy) is 1. The first-order valence-electron chi connectivity index (χ1n) is 8.55. The number of hydrogen-bond donors (Lipinski definition) is 0. The van der Waals surface area contributed by atoms with Gasteiger partial charge in [-0.15, -0.1) is 0 Å². The molecule has 25 heavy (non-hydrogen) atoms. The monoisotopic (exact) mass is 388 g/mol. The Hall–Kier alpha value is -0.860. The van der Waals surface area contributed by atoms with E-state index in [1.54, 1.807) is 0 Å². The molecule has 0 aromatic carbocycles. The third-order valence-electron chi connectivity index (χ3n) is 5.35. The molecule has 9 heteroatoms. The van der Waals surface area contributed by atoms with Crippen molar-refractivity contribution in [2.24, 2.45) is 17.8 Å². The lowest BCUT2D eigenvalue weighted by molar-refractivity contribution is -0.161. The van der Waals surface area contributed by atoms with Gasteiger partial charge in [-0.3, -0.25) is 4.79 Å². The van der Waals surface area contributed by atoms with E-state index in [4.69, 9.17) is 4.74 Å². The molecule has 0 N–H and O–H groups in total. The van der Waals surface area contributed by atoms with Gasteiger partial charge in [-0.1, -0.05) is 6.42 Å². The SMILES string of the molecule is CS(=O)(=O)C(F)(F)C(F)(F)CCCCOC(=O)CC1CC2CCC1C2. The molecule has 3 unspecified atom stereocenters. The van der Waals surface area contributed by atoms with Gasteiger partial charge in [-0.05, 0) is 49.9 Å². The molecule has 0 radical (unpaired) electrons. The van der Waals surface area contributed by atoms with Crippen LogP contribution in [0.5, 0.6) is 0 Å². The van der Waals surface area contributed by atoms with Crippen molar-refractivity contribution in [3.8, 4) is 0 Å². The predicted molar refractivity (Wildman–Crippen MR) is 83.1 cm³/mol. The maximum Gasteiger partial charge on any atom is 0.406 e. The van der Waals surface area contributed by atoms with E-state index in [1.807, 2.05) is 0 Å². The summed E-state index contributed by atoms with van der Waals surface area (Å²) in [6, 6.07) is 0. The Kier molecular flexibility index (Phi) is 6.06. The minimum absolute atomic E-state index is 0.0160. The van der Waals surface area contributed by atoms with Gasteiger partial charge in [0.15, 0.2) is 0 Å². The molecule has 0 aromatic heterocycles. The molecular weight excluding hydrogens is 364 g/mol. The molecule has 0 spiro atoms. The molecule has 2 saturated carbocycles. The lowest BCUT2D eigenvalue weighted by Gasteiger charge is -2.24. The van der Waals surface area contributed by atoms with Crippen LogP contribution in [-0.4, -0.2) is 38.4 Å². The highest BCUT2D eigenvalue weighted by atomic mass is 32.2. The summed E-state index contributed by atoms with van der Waals surface area (Å²) in [5, 5.41) is -5.10. The average molecular weight is 388 g/mol. The van der Waals surface area contributed by atoms with Crippen molar-refractivity contribution in [1.82, 2.24) is 0 Å². The predicted octanol–water partition coefficient (Wildman–Crippen LogP) is 3.80. The second-order valence-corrected chi connectivity index (χ2v) is 9.37. The van der Waals surface area contributed by atoms with Gasteiger partial charge in [0.1, 0.15) is 0 Å². The van der Waals surface area contributed by atoms with Gasteiger partial charge in [0, 0.05) is 19.1 Å². The maximum atomic E-state index is 13.4. The topological polar surface area (TPSA) is 60.4 Å². The number of alkyl halides is 4. The van der Waals surface area contributed by atoms with E-state index in [9.17, 15) is 30.8 Å². The number of carbonyl (C=O) groups excluding carboxylic acids is 1. The van der Waals surface area contributed by atoms with Crippen LogP contribution in [0, 0.1) is 17.8 Å². The molecule has 146 valence electrons. The number of unbranched alkanes of at least 4 members (excludes halogenated alkanes) is 1. The zero-order valence-corrected chi connectivity index (χ0v) is 15.0. The summed E-state index contributed by atoms with van der Waals surface area (Å²) in [5.74, 6) is -3.40. The molecule has 0 aromatic rings. The van der Waals surface area contributed by atoms with Crippen LogP contribution in [0.3, 0.4) is 0 Å². The number of hydrogen-bond acceptors (Lipinski definition) is 4. The van der Waals surface area contributed by atoms with Crippen molar-refractivity contribution >= 4 is 15.8 Å². The summed E-state index contributed by atoms with van der Waals surface area (Å²) in [7, 11) is -5.20. The van der Waals surface area contributed by atoms with Gasteiger partial charge in [0.25, 0.3) is 0 Å². The summed E-state index contributed by atoms with van der Waals surface area (Å²) in [6.45, 7) is -0.125. The van der Waals surface area contributed by atoms with Crippen molar-refractivity contribution < 1.29 is 35.5 Å². The number of fused-ring (bicyclic) bond motifs is 2. The molecule has 2 aliphatic carbocycles. The van der Waals surface area contributed by atoms with Crippen LogP contribution < -0.4 is 0 Å². The highest BCUT2D eigenvalue weighted by molar-refractivity contribution is 7.91. The molecule has 3 atom stereocenters. The first kappa shape index (κ1) is 20.5. The van der Waals surface area contributed by atoms with Crippen molar-refractivity contribution in [3.05, 3.63) is 0 Å². The normalized spacial score (nSPS) is 26.8. The lowest BCUT2D eigenvalue weighted by atomic mass is 9.86. The summed E-state index contributed by atoms with van der Waals surface area (Å²) in [6.07, 6.45) is 3.32. The zero-order valence-electron chi connectivity index (χ0n) is 14.1. The molecular formula is C16H24F4O4S. The van der Waals surface area contributed by atoms with Crippen LogP contribution in [0.2, 0.25) is 0 Å². The fourth-order valence-electron chi connectivity index (χ4n) is 3.95. The third kappa shape index (κ3) is 4.65. The van der Waals surface area contributed by atoms with Gasteiger partial charge < -0.3 is 4.74 Å². The summed E-state index contributed by atoms with van der Waals surface area (Å²) >= 11 is 0. The van der Waals surface area contributed by atoms with Crippen LogP contribution in [-0.2, 0) is 19.4 Å². The highest BCUT2D eigenvalue weighted by Gasteiger charge is 2.62. The molecule has 2 rings (SSSR count). The number of rotatable bonds is 9. The zero-order chi connectivity index (χ0) is 18.9. The largest absolute Gasteiger partial charge is 0.466 e. The Bertz CT molecular complexity index is 591. The van der Waals surface area contributed by atoms with Crippen molar-refractivity contribution in [2.75, 3.05) is 12.9 Å². The van der Waals surface area contributed by atoms with Gasteiger partial charge in [-0.25, -0.2) is 8.42 Å². The van der Waals surface area contributed by atoms with Crippen LogP contribution >= 0.6 is 0 Å². The Morgan fingerprint density at radius 3 is 2.32 bits per heavy atom. The van der Waals surface area contributed by atoms with E-state index in [0.29, 0.717) is 24.2 Å². The molecule has 0 heterocycles. The van der Waals surface area contributed by atoms with Gasteiger partial charge in [0.2, 0.25) is 9.84 Å². The van der Waals surface area contributed by atoms with E-state index < -0.39 is 27.4 Å². The van der Waals surface area contributed by atoms with E-state index in [-0.39, 0.29) is 31.7 Å². The Morgan fingerprint density at radius 2 is 1.80 bits per heavy atom. The first-order valence-corrected chi connectivity index (χ1v) is 10.4. The maximum absolute atomic E-state index is 13.4. The number of carbonyl (C=O) groups is 1. The second kappa shape index (κ2) is 7.40. The lowest BCUT2D eigenvalue weighted by Crippen LogP contribution is -2.46. The van der Waals surface area contributed by atoms with E-state index >= 15 is 0 Å². The van der Waals surface area contributed by atoms with Crippen LogP contribution in [0.1, 0.15) is 51.4 Å². The molecule has 2 aliphatic rings. The minimum Gasteiger partial charge on any atom is -0.466 e. The van der Waals surface area contributed by atoms with E-state index in [1.165, 1.54) is 12.8 Å². The Morgan fingerprint density at radius 1 is 1.12 bits per heavy atom. The summed E-state index contributed by atoms with van der Waals surface area (Å²) in [5.41, 5.74) is 0. The van der Waals surface area contributed by atoms with Crippen LogP contribution in [0.4, 0.5) is 17.6 Å². The van der Waals surface area contributed by atoms with Gasteiger partial charge in [-0.2, -0.15) is 17.6 Å². The fourth-order valence-corrected chi connectivity index (χ4v) is 4.60. The first-order chi connectivity index (χ1) is 11.4.